The van der Waals surface area contributed by atoms with E-state index in [1.807, 2.05) is 0 Å². The second-order valence-corrected chi connectivity index (χ2v) is 10.3. The van der Waals surface area contributed by atoms with Crippen molar-refractivity contribution in [3.05, 3.63) is 35.2 Å². The second-order valence-electron chi connectivity index (χ2n) is 10.3. The Morgan fingerprint density at radius 3 is 2.73 bits per heavy atom. The SMILES string of the molecule is CCc1nonc1C(=O)N[C@H](c1cn2nc(CC3C[C@@H](C(F)(F)F)CNC3=O)cnc2n1)C1CCC(F)(F)CC1. The minimum Gasteiger partial charge on any atom is -0.355 e. The first-order chi connectivity index (χ1) is 18.9. The maximum atomic E-state index is 13.9. The molecule has 0 spiro atoms. The third-order valence-electron chi connectivity index (χ3n) is 7.58. The molecule has 1 aliphatic carbocycles. The molecule has 1 saturated heterocycles. The summed E-state index contributed by atoms with van der Waals surface area (Å²) in [5.74, 6) is -6.69. The fraction of sp³-hybridized carbons (Fsp3) is 0.625. The van der Waals surface area contributed by atoms with Crippen LogP contribution in [0.1, 0.15) is 72.6 Å². The van der Waals surface area contributed by atoms with Gasteiger partial charge in [-0.1, -0.05) is 12.1 Å². The normalized spacial score (nSPS) is 22.7. The number of nitrogens with one attached hydrogen (secondary N) is 2. The Hall–Kier alpha value is -3.72. The van der Waals surface area contributed by atoms with Gasteiger partial charge >= 0.3 is 6.18 Å². The number of carbonyl (C=O) groups is 2. The summed E-state index contributed by atoms with van der Waals surface area (Å²) in [6.07, 6.45) is -2.06. The fourth-order valence-corrected chi connectivity index (χ4v) is 5.31. The molecule has 1 unspecified atom stereocenters. The third-order valence-corrected chi connectivity index (χ3v) is 7.58. The molecule has 2 aliphatic rings. The van der Waals surface area contributed by atoms with Crippen LogP contribution < -0.4 is 10.6 Å². The number of hydrogen-bond acceptors (Lipinski definition) is 8. The zero-order valence-corrected chi connectivity index (χ0v) is 21.4. The molecule has 0 radical (unpaired) electrons. The summed E-state index contributed by atoms with van der Waals surface area (Å²) in [6, 6.07) is -0.784. The van der Waals surface area contributed by atoms with Crippen LogP contribution >= 0.6 is 0 Å². The summed E-state index contributed by atoms with van der Waals surface area (Å²) in [7, 11) is 0. The van der Waals surface area contributed by atoms with Gasteiger partial charge in [0.05, 0.1) is 35.7 Å². The number of piperidine rings is 1. The molecule has 11 nitrogen and oxygen atoms in total. The quantitative estimate of drug-likeness (QED) is 0.413. The Morgan fingerprint density at radius 2 is 2.02 bits per heavy atom. The Kier molecular flexibility index (Phi) is 7.44. The van der Waals surface area contributed by atoms with E-state index in [0.29, 0.717) is 17.8 Å². The molecule has 216 valence electrons. The van der Waals surface area contributed by atoms with Crippen LogP contribution in [-0.4, -0.2) is 60.4 Å². The van der Waals surface area contributed by atoms with Gasteiger partial charge in [0.15, 0.2) is 5.69 Å². The summed E-state index contributed by atoms with van der Waals surface area (Å²) < 4.78 is 73.4. The van der Waals surface area contributed by atoms with Gasteiger partial charge in [-0.3, -0.25) is 9.59 Å². The zero-order chi connectivity index (χ0) is 28.7. The minimum atomic E-state index is -4.43. The van der Waals surface area contributed by atoms with Gasteiger partial charge < -0.3 is 10.6 Å². The molecule has 3 atom stereocenters. The van der Waals surface area contributed by atoms with Crippen LogP contribution in [0.2, 0.25) is 0 Å². The topological polar surface area (TPSA) is 140 Å². The first-order valence-corrected chi connectivity index (χ1v) is 13.0. The molecule has 1 saturated carbocycles. The molecule has 1 aliphatic heterocycles. The van der Waals surface area contributed by atoms with Gasteiger partial charge in [-0.15, -0.1) is 0 Å². The largest absolute Gasteiger partial charge is 0.393 e. The van der Waals surface area contributed by atoms with Crippen LogP contribution in [0.3, 0.4) is 0 Å². The number of hydrogen-bond donors (Lipinski definition) is 2. The summed E-state index contributed by atoms with van der Waals surface area (Å²) in [4.78, 5) is 34.0. The lowest BCUT2D eigenvalue weighted by Gasteiger charge is -2.33. The minimum absolute atomic E-state index is 0.0149. The predicted octanol–water partition coefficient (Wildman–Crippen LogP) is 3.22. The van der Waals surface area contributed by atoms with E-state index >= 15 is 0 Å². The highest BCUT2D eigenvalue weighted by Crippen LogP contribution is 2.41. The first-order valence-electron chi connectivity index (χ1n) is 13.0. The lowest BCUT2D eigenvalue weighted by molar-refractivity contribution is -0.183. The highest BCUT2D eigenvalue weighted by Gasteiger charge is 2.45. The lowest BCUT2D eigenvalue weighted by atomic mass is 9.81. The van der Waals surface area contributed by atoms with Crippen LogP contribution in [0.4, 0.5) is 22.0 Å². The van der Waals surface area contributed by atoms with Crippen molar-refractivity contribution in [3.63, 3.8) is 0 Å². The molecular weight excluding hydrogens is 543 g/mol. The maximum Gasteiger partial charge on any atom is 0.393 e. The van der Waals surface area contributed by atoms with E-state index in [-0.39, 0.29) is 61.6 Å². The zero-order valence-electron chi connectivity index (χ0n) is 21.4. The molecular formula is C24H27F5N8O3. The van der Waals surface area contributed by atoms with Crippen molar-refractivity contribution in [1.82, 2.24) is 40.5 Å². The van der Waals surface area contributed by atoms with E-state index in [9.17, 15) is 31.5 Å². The fourth-order valence-electron chi connectivity index (χ4n) is 5.31. The molecule has 2 fully saturated rings. The number of aryl methyl sites for hydroxylation is 1. The van der Waals surface area contributed by atoms with Gasteiger partial charge in [0.25, 0.3) is 11.7 Å². The Morgan fingerprint density at radius 1 is 1.27 bits per heavy atom. The van der Waals surface area contributed by atoms with E-state index in [2.05, 4.69) is 40.6 Å². The average molecular weight is 571 g/mol. The molecule has 0 bridgehead atoms. The van der Waals surface area contributed by atoms with E-state index in [1.54, 1.807) is 6.92 Å². The number of halogens is 5. The number of nitrogens with zero attached hydrogens (tertiary/aromatic N) is 6. The first kappa shape index (κ1) is 27.8. The molecule has 16 heteroatoms. The maximum absolute atomic E-state index is 13.9. The Bertz CT molecular complexity index is 1380. The second kappa shape index (κ2) is 10.7. The van der Waals surface area contributed by atoms with E-state index < -0.39 is 48.3 Å². The van der Waals surface area contributed by atoms with Crippen molar-refractivity contribution in [2.45, 2.75) is 70.0 Å². The average Bonchev–Trinajstić information content (AvgIpc) is 3.55. The number of imidazole rings is 1. The summed E-state index contributed by atoms with van der Waals surface area (Å²) in [6.45, 7) is 1.31. The molecule has 0 aromatic carbocycles. The van der Waals surface area contributed by atoms with Crippen LogP contribution in [0, 0.1) is 17.8 Å². The van der Waals surface area contributed by atoms with Gasteiger partial charge in [0.1, 0.15) is 5.69 Å². The Labute approximate surface area is 224 Å². The number of carbonyl (C=O) groups excluding carboxylic acids is 2. The number of amides is 2. The molecule has 2 amide bonds. The van der Waals surface area contributed by atoms with Crippen LogP contribution in [0.25, 0.3) is 5.78 Å². The molecule has 4 heterocycles. The van der Waals surface area contributed by atoms with Crippen LogP contribution in [0.15, 0.2) is 17.0 Å². The number of rotatable bonds is 7. The molecule has 5 rings (SSSR count). The van der Waals surface area contributed by atoms with E-state index in [0.717, 1.165) is 0 Å². The highest BCUT2D eigenvalue weighted by atomic mass is 19.4. The van der Waals surface area contributed by atoms with Crippen molar-refractivity contribution < 1.29 is 36.2 Å². The monoisotopic (exact) mass is 570 g/mol. The number of fused-ring (bicyclic) bond motifs is 1. The lowest BCUT2D eigenvalue weighted by Crippen LogP contribution is -2.47. The van der Waals surface area contributed by atoms with E-state index in [1.165, 1.54) is 16.9 Å². The third kappa shape index (κ3) is 5.89. The summed E-state index contributed by atoms with van der Waals surface area (Å²) in [5, 5.41) is 16.9. The van der Waals surface area contributed by atoms with Gasteiger partial charge in [-0.2, -0.15) is 18.3 Å². The van der Waals surface area contributed by atoms with E-state index in [4.69, 9.17) is 0 Å². The molecule has 40 heavy (non-hydrogen) atoms. The van der Waals surface area contributed by atoms with Crippen molar-refractivity contribution >= 4 is 17.6 Å². The van der Waals surface area contributed by atoms with Gasteiger partial charge in [0, 0.05) is 31.7 Å². The standard InChI is InChI=1S/C24H27F5N8O3/c1-2-16-19(36-40-35-16)21(39)33-18(12-3-5-23(25,26)6-4-12)17-11-37-22(32-17)31-10-15(34-37)8-13-7-14(24(27,28)29)9-30-20(13)38/h10-14,18H,2-9H2,1H3,(H,30,38)(H,33,39)/t13?,14-,18+/m1/s1. The molecule has 2 N–H and O–H groups in total. The van der Waals surface area contributed by atoms with Crippen molar-refractivity contribution in [1.29, 1.82) is 0 Å². The van der Waals surface area contributed by atoms with Gasteiger partial charge in [-0.05, 0) is 36.8 Å². The number of alkyl halides is 5. The molecule has 3 aromatic rings. The summed E-state index contributed by atoms with van der Waals surface area (Å²) in [5.41, 5.74) is 0.925. The van der Waals surface area contributed by atoms with Gasteiger partial charge in [0.2, 0.25) is 11.8 Å². The Balaban J connectivity index is 1.39. The molecule has 3 aromatic heterocycles. The number of aromatic nitrogens is 6. The van der Waals surface area contributed by atoms with Crippen molar-refractivity contribution in [2.24, 2.45) is 17.8 Å². The van der Waals surface area contributed by atoms with Crippen molar-refractivity contribution in [3.8, 4) is 0 Å². The van der Waals surface area contributed by atoms with Crippen LogP contribution in [0.5, 0.6) is 0 Å². The van der Waals surface area contributed by atoms with Crippen molar-refractivity contribution in [2.75, 3.05) is 6.54 Å². The smallest absolute Gasteiger partial charge is 0.355 e. The highest BCUT2D eigenvalue weighted by molar-refractivity contribution is 5.93. The predicted molar refractivity (Wildman–Crippen MR) is 126 cm³/mol. The van der Waals surface area contributed by atoms with Crippen LogP contribution in [-0.2, 0) is 17.6 Å². The van der Waals surface area contributed by atoms with Gasteiger partial charge in [-0.25, -0.2) is 27.9 Å². The summed E-state index contributed by atoms with van der Waals surface area (Å²) >= 11 is 0.